The lowest BCUT2D eigenvalue weighted by Crippen LogP contribution is -2.40. The maximum Gasteiger partial charge on any atom is 0.331 e. The summed E-state index contributed by atoms with van der Waals surface area (Å²) in [6, 6.07) is 5.94. The van der Waals surface area contributed by atoms with Gasteiger partial charge in [0.1, 0.15) is 18.1 Å². The molecule has 0 N–H and O–H groups in total. The van der Waals surface area contributed by atoms with Gasteiger partial charge in [-0.1, -0.05) is 6.07 Å². The fraction of sp³-hybridized carbons (Fsp3) is 0.333. The number of hydrogen-bond acceptors (Lipinski definition) is 4. The van der Waals surface area contributed by atoms with Gasteiger partial charge in [-0.3, -0.25) is 13.9 Å². The van der Waals surface area contributed by atoms with Gasteiger partial charge in [-0.15, -0.1) is 0 Å². The smallest absolute Gasteiger partial charge is 0.331 e. The highest BCUT2D eigenvalue weighted by Gasteiger charge is 2.26. The van der Waals surface area contributed by atoms with Crippen molar-refractivity contribution in [3.8, 4) is 11.5 Å². The van der Waals surface area contributed by atoms with Crippen molar-refractivity contribution in [1.82, 2.24) is 9.13 Å². The second-order valence-corrected chi connectivity index (χ2v) is 6.15. The molecule has 1 aromatic carbocycles. The van der Waals surface area contributed by atoms with Crippen LogP contribution in [0.2, 0.25) is 0 Å². The SMILES string of the molecule is CC1=C(Oc2cc(C)cc(C)c2)COc2c1n(C)c(=O)n(C)c2=O. The Balaban J connectivity index is 2.13. The van der Waals surface area contributed by atoms with Crippen LogP contribution in [0.1, 0.15) is 23.7 Å². The highest BCUT2D eigenvalue weighted by Crippen LogP contribution is 2.30. The van der Waals surface area contributed by atoms with E-state index < -0.39 is 11.2 Å². The van der Waals surface area contributed by atoms with Gasteiger partial charge >= 0.3 is 5.69 Å². The van der Waals surface area contributed by atoms with Gasteiger partial charge in [0.2, 0.25) is 5.75 Å². The van der Waals surface area contributed by atoms with E-state index in [9.17, 15) is 9.59 Å². The summed E-state index contributed by atoms with van der Waals surface area (Å²) in [6.07, 6.45) is 0. The Morgan fingerprint density at radius 1 is 1.00 bits per heavy atom. The van der Waals surface area contributed by atoms with E-state index in [1.54, 1.807) is 7.05 Å². The van der Waals surface area contributed by atoms with Crippen LogP contribution < -0.4 is 20.7 Å². The molecule has 0 unspecified atom stereocenters. The van der Waals surface area contributed by atoms with E-state index in [1.165, 1.54) is 11.6 Å². The van der Waals surface area contributed by atoms with E-state index in [4.69, 9.17) is 9.47 Å². The summed E-state index contributed by atoms with van der Waals surface area (Å²) in [5.41, 5.74) is 2.57. The molecule has 0 aliphatic carbocycles. The molecule has 1 aromatic heterocycles. The number of rotatable bonds is 2. The van der Waals surface area contributed by atoms with E-state index in [0.29, 0.717) is 17.2 Å². The molecule has 126 valence electrons. The van der Waals surface area contributed by atoms with E-state index in [1.807, 2.05) is 32.9 Å². The number of fused-ring (bicyclic) bond motifs is 1. The molecule has 0 fully saturated rings. The Morgan fingerprint density at radius 2 is 1.62 bits per heavy atom. The average molecular weight is 328 g/mol. The number of nitrogens with zero attached hydrogens (tertiary/aromatic N) is 2. The summed E-state index contributed by atoms with van der Waals surface area (Å²) in [6.45, 7) is 5.99. The highest BCUT2D eigenvalue weighted by atomic mass is 16.5. The van der Waals surface area contributed by atoms with Crippen LogP contribution in [0.3, 0.4) is 0 Å². The summed E-state index contributed by atoms with van der Waals surface area (Å²) in [7, 11) is 3.06. The number of allylic oxidation sites excluding steroid dienone is 1. The topological polar surface area (TPSA) is 62.5 Å². The third-order valence-electron chi connectivity index (χ3n) is 4.18. The first-order valence-corrected chi connectivity index (χ1v) is 7.68. The number of aryl methyl sites for hydroxylation is 2. The van der Waals surface area contributed by atoms with Crippen LogP contribution in [-0.2, 0) is 14.1 Å². The van der Waals surface area contributed by atoms with E-state index in [2.05, 4.69) is 6.07 Å². The van der Waals surface area contributed by atoms with Crippen molar-refractivity contribution in [2.45, 2.75) is 20.8 Å². The first kappa shape index (κ1) is 16.1. The van der Waals surface area contributed by atoms with Crippen molar-refractivity contribution in [2.75, 3.05) is 6.61 Å². The number of benzene rings is 1. The van der Waals surface area contributed by atoms with Crippen LogP contribution in [0.4, 0.5) is 0 Å². The molecule has 0 amide bonds. The van der Waals surface area contributed by atoms with E-state index >= 15 is 0 Å². The van der Waals surface area contributed by atoms with Crippen molar-refractivity contribution < 1.29 is 9.47 Å². The summed E-state index contributed by atoms with van der Waals surface area (Å²) < 4.78 is 14.0. The molecule has 3 rings (SSSR count). The molecule has 0 saturated heterocycles. The van der Waals surface area contributed by atoms with Gasteiger partial charge < -0.3 is 9.47 Å². The predicted octanol–water partition coefficient (Wildman–Crippen LogP) is 1.90. The minimum Gasteiger partial charge on any atom is -0.478 e. The van der Waals surface area contributed by atoms with Crippen LogP contribution in [0.15, 0.2) is 33.5 Å². The Morgan fingerprint density at radius 3 is 2.25 bits per heavy atom. The van der Waals surface area contributed by atoms with Crippen LogP contribution in [0.5, 0.6) is 11.5 Å². The zero-order chi connectivity index (χ0) is 17.6. The zero-order valence-electron chi connectivity index (χ0n) is 14.5. The fourth-order valence-electron chi connectivity index (χ4n) is 2.98. The summed E-state index contributed by atoms with van der Waals surface area (Å²) in [4.78, 5) is 24.4. The molecule has 6 nitrogen and oxygen atoms in total. The van der Waals surface area contributed by atoms with Gasteiger partial charge in [0, 0.05) is 19.7 Å². The van der Waals surface area contributed by atoms with Crippen molar-refractivity contribution in [3.05, 3.63) is 61.6 Å². The molecule has 24 heavy (non-hydrogen) atoms. The third kappa shape index (κ3) is 2.54. The first-order valence-electron chi connectivity index (χ1n) is 7.68. The largest absolute Gasteiger partial charge is 0.478 e. The predicted molar refractivity (Wildman–Crippen MR) is 91.6 cm³/mol. The standard InChI is InChI=1S/C18H20N2O4/c1-10-6-11(2)8-13(7-10)24-14-9-23-16-15(12(14)3)19(4)18(22)20(5)17(16)21/h6-8H,9H2,1-5H3. The monoisotopic (exact) mass is 328 g/mol. The second kappa shape index (κ2) is 5.70. The van der Waals surface area contributed by atoms with Gasteiger partial charge in [0.05, 0.1) is 5.69 Å². The fourth-order valence-corrected chi connectivity index (χ4v) is 2.98. The molecule has 0 saturated carbocycles. The van der Waals surface area contributed by atoms with Crippen molar-refractivity contribution in [2.24, 2.45) is 14.1 Å². The third-order valence-corrected chi connectivity index (χ3v) is 4.18. The molecule has 6 heteroatoms. The average Bonchev–Trinajstić information content (AvgIpc) is 2.51. The molecular formula is C18H20N2O4. The van der Waals surface area contributed by atoms with Crippen LogP contribution in [0, 0.1) is 13.8 Å². The molecule has 0 radical (unpaired) electrons. The van der Waals surface area contributed by atoms with Crippen molar-refractivity contribution in [1.29, 1.82) is 0 Å². The lowest BCUT2D eigenvalue weighted by molar-refractivity contribution is 0.265. The maximum atomic E-state index is 12.2. The molecule has 1 aliphatic rings. The van der Waals surface area contributed by atoms with Crippen LogP contribution in [-0.4, -0.2) is 15.7 Å². The number of hydrogen-bond donors (Lipinski definition) is 0. The normalized spacial score (nSPS) is 13.5. The molecule has 0 spiro atoms. The molecule has 2 heterocycles. The Hall–Kier alpha value is -2.76. The van der Waals surface area contributed by atoms with Gasteiger partial charge in [-0.05, 0) is 44.0 Å². The summed E-state index contributed by atoms with van der Waals surface area (Å²) in [5.74, 6) is 1.49. The number of aromatic nitrogens is 2. The van der Waals surface area contributed by atoms with Gasteiger partial charge in [0.25, 0.3) is 5.56 Å². The van der Waals surface area contributed by atoms with Crippen molar-refractivity contribution >= 4 is 5.57 Å². The minimum atomic E-state index is -0.432. The molecule has 2 aromatic rings. The lowest BCUT2D eigenvalue weighted by Gasteiger charge is -2.24. The maximum absolute atomic E-state index is 12.2. The summed E-state index contributed by atoms with van der Waals surface area (Å²) >= 11 is 0. The van der Waals surface area contributed by atoms with Gasteiger partial charge in [-0.25, -0.2) is 4.79 Å². The van der Waals surface area contributed by atoms with E-state index in [-0.39, 0.29) is 12.4 Å². The Labute approximate surface area is 139 Å². The van der Waals surface area contributed by atoms with Crippen molar-refractivity contribution in [3.63, 3.8) is 0 Å². The number of ether oxygens (including phenoxy) is 2. The minimum absolute atomic E-state index is 0.152. The molecule has 0 atom stereocenters. The Bertz CT molecular complexity index is 959. The van der Waals surface area contributed by atoms with Gasteiger partial charge in [0.15, 0.2) is 0 Å². The van der Waals surface area contributed by atoms with Gasteiger partial charge in [-0.2, -0.15) is 0 Å². The van der Waals surface area contributed by atoms with E-state index in [0.717, 1.165) is 21.3 Å². The quantitative estimate of drug-likeness (QED) is 0.845. The molecular weight excluding hydrogens is 308 g/mol. The zero-order valence-corrected chi connectivity index (χ0v) is 14.5. The highest BCUT2D eigenvalue weighted by molar-refractivity contribution is 5.70. The second-order valence-electron chi connectivity index (χ2n) is 6.15. The molecule has 1 aliphatic heterocycles. The lowest BCUT2D eigenvalue weighted by atomic mass is 10.1. The first-order chi connectivity index (χ1) is 11.3. The summed E-state index contributed by atoms with van der Waals surface area (Å²) in [5, 5.41) is 0. The van der Waals surface area contributed by atoms with Crippen LogP contribution in [0.25, 0.3) is 5.57 Å². The molecule has 0 bridgehead atoms. The van der Waals surface area contributed by atoms with Crippen LogP contribution >= 0.6 is 0 Å². The Kier molecular flexibility index (Phi) is 3.83.